The molecule has 0 saturated carbocycles. The molecule has 41 heavy (non-hydrogen) atoms. The summed E-state index contributed by atoms with van der Waals surface area (Å²) in [7, 11) is 0. The largest absolute Gasteiger partial charge is 0.370 e. The summed E-state index contributed by atoms with van der Waals surface area (Å²) in [4.78, 5) is 33.0. The molecule has 218 valence electrons. The van der Waals surface area contributed by atoms with Gasteiger partial charge in [0.25, 0.3) is 5.91 Å². The molecule has 0 radical (unpaired) electrons. The number of carbonyl (C=O) groups is 1. The van der Waals surface area contributed by atoms with E-state index in [-0.39, 0.29) is 35.8 Å². The zero-order chi connectivity index (χ0) is 28.5. The average Bonchev–Trinajstić information content (AvgIpc) is 3.77. The molecule has 3 aromatic rings. The van der Waals surface area contributed by atoms with Crippen molar-refractivity contribution >= 4 is 17.9 Å². The topological polar surface area (TPSA) is 127 Å². The first-order valence-electron chi connectivity index (χ1n) is 14.5. The van der Waals surface area contributed by atoms with E-state index in [9.17, 15) is 9.18 Å². The first-order valence-corrected chi connectivity index (χ1v) is 14.5. The van der Waals surface area contributed by atoms with Gasteiger partial charge in [0.15, 0.2) is 0 Å². The molecule has 3 atom stereocenters. The Morgan fingerprint density at radius 1 is 1.15 bits per heavy atom. The van der Waals surface area contributed by atoms with E-state index < -0.39 is 0 Å². The zero-order valence-corrected chi connectivity index (χ0v) is 23.6. The van der Waals surface area contributed by atoms with Crippen LogP contribution in [-0.2, 0) is 4.74 Å². The molecule has 2 N–H and O–H groups in total. The lowest BCUT2D eigenvalue weighted by Gasteiger charge is -2.37. The van der Waals surface area contributed by atoms with Gasteiger partial charge in [0.05, 0.1) is 5.56 Å². The summed E-state index contributed by atoms with van der Waals surface area (Å²) in [5, 5.41) is 4.12. The van der Waals surface area contributed by atoms with Gasteiger partial charge in [-0.2, -0.15) is 4.98 Å². The number of aryl methyl sites for hydroxylation is 1. The van der Waals surface area contributed by atoms with Crippen LogP contribution in [0.3, 0.4) is 0 Å². The van der Waals surface area contributed by atoms with Crippen molar-refractivity contribution in [2.45, 2.75) is 63.6 Å². The highest BCUT2D eigenvalue weighted by Gasteiger charge is 2.35. The third-order valence-electron chi connectivity index (χ3n) is 8.51. The van der Waals surface area contributed by atoms with Crippen molar-refractivity contribution in [2.24, 2.45) is 5.73 Å². The van der Waals surface area contributed by atoms with Crippen molar-refractivity contribution in [1.29, 1.82) is 0 Å². The molecular formula is C29H37FN8O3. The minimum atomic E-state index is -0.245. The Kier molecular flexibility index (Phi) is 7.85. The van der Waals surface area contributed by atoms with Crippen molar-refractivity contribution in [3.8, 4) is 0 Å². The summed E-state index contributed by atoms with van der Waals surface area (Å²) < 4.78 is 25.7. The van der Waals surface area contributed by atoms with Gasteiger partial charge in [-0.1, -0.05) is 22.9 Å². The maximum Gasteiger partial charge on any atom is 0.324 e. The highest BCUT2D eigenvalue weighted by Crippen LogP contribution is 2.32. The van der Waals surface area contributed by atoms with Crippen LogP contribution in [0.4, 0.5) is 16.4 Å². The molecule has 12 heteroatoms. The molecule has 3 aliphatic heterocycles. The third-order valence-corrected chi connectivity index (χ3v) is 8.51. The van der Waals surface area contributed by atoms with E-state index in [0.717, 1.165) is 50.9 Å². The molecule has 3 aliphatic rings. The van der Waals surface area contributed by atoms with E-state index >= 15 is 0 Å². The van der Waals surface area contributed by atoms with Gasteiger partial charge in [-0.3, -0.25) is 4.79 Å². The molecule has 3 saturated heterocycles. The highest BCUT2D eigenvalue weighted by atomic mass is 19.1. The summed E-state index contributed by atoms with van der Waals surface area (Å²) in [5.74, 6) is 0.614. The Balaban J connectivity index is 1.06. The van der Waals surface area contributed by atoms with E-state index in [1.54, 1.807) is 18.5 Å². The first kappa shape index (κ1) is 27.5. The molecule has 0 spiro atoms. The van der Waals surface area contributed by atoms with E-state index in [1.165, 1.54) is 6.07 Å². The molecule has 3 unspecified atom stereocenters. The Bertz CT molecular complexity index is 1350. The van der Waals surface area contributed by atoms with E-state index in [1.807, 2.05) is 29.7 Å². The second kappa shape index (κ2) is 11.7. The fourth-order valence-electron chi connectivity index (χ4n) is 6.23. The smallest absolute Gasteiger partial charge is 0.324 e. The Morgan fingerprint density at radius 3 is 2.63 bits per heavy atom. The molecular weight excluding hydrogens is 527 g/mol. The lowest BCUT2D eigenvalue weighted by Crippen LogP contribution is -2.47. The first-order chi connectivity index (χ1) is 19.9. The lowest BCUT2D eigenvalue weighted by atomic mass is 9.93. The van der Waals surface area contributed by atoms with Gasteiger partial charge in [0.2, 0.25) is 11.8 Å². The van der Waals surface area contributed by atoms with Gasteiger partial charge in [-0.25, -0.2) is 14.4 Å². The Morgan fingerprint density at radius 2 is 1.93 bits per heavy atom. The number of hydrogen-bond donors (Lipinski definition) is 1. The molecule has 0 aliphatic carbocycles. The van der Waals surface area contributed by atoms with Crippen molar-refractivity contribution in [1.82, 2.24) is 25.0 Å². The molecule has 6 rings (SSSR count). The van der Waals surface area contributed by atoms with Gasteiger partial charge in [-0.05, 0) is 51.2 Å². The van der Waals surface area contributed by atoms with Gasteiger partial charge in [0, 0.05) is 69.7 Å². The predicted octanol–water partition coefficient (Wildman–Crippen LogP) is 3.22. The summed E-state index contributed by atoms with van der Waals surface area (Å²) in [6.45, 7) is 7.71. The normalized spacial score (nSPS) is 23.4. The summed E-state index contributed by atoms with van der Waals surface area (Å²) in [6, 6.07) is 5.47. The van der Waals surface area contributed by atoms with Crippen LogP contribution >= 0.6 is 0 Å². The van der Waals surface area contributed by atoms with E-state index in [0.29, 0.717) is 48.5 Å². The number of rotatable bonds is 7. The number of aromatic nitrogens is 4. The maximum absolute atomic E-state index is 14.5. The fraction of sp³-hybridized carbons (Fsp3) is 0.552. The van der Waals surface area contributed by atoms with Crippen molar-refractivity contribution in [3.05, 3.63) is 58.9 Å². The number of amides is 1. The fourth-order valence-corrected chi connectivity index (χ4v) is 6.23. The van der Waals surface area contributed by atoms with Crippen LogP contribution in [-0.4, -0.2) is 82.3 Å². The number of nitrogens with zero attached hydrogens (tertiary/aromatic N) is 7. The van der Waals surface area contributed by atoms with Crippen molar-refractivity contribution < 1.29 is 18.4 Å². The molecule has 0 bridgehead atoms. The Labute approximate surface area is 238 Å². The molecule has 2 aromatic heterocycles. The lowest BCUT2D eigenvalue weighted by molar-refractivity contribution is 0.0661. The van der Waals surface area contributed by atoms with Gasteiger partial charge in [0.1, 0.15) is 11.9 Å². The minimum absolute atomic E-state index is 0.0772. The number of carbonyl (C=O) groups excluding carboxylic acids is 1. The molecule has 11 nitrogen and oxygen atoms in total. The highest BCUT2D eigenvalue weighted by molar-refractivity contribution is 5.94. The second-order valence-corrected chi connectivity index (χ2v) is 11.2. The second-order valence-electron chi connectivity index (χ2n) is 11.2. The number of piperidine rings is 1. The zero-order valence-electron chi connectivity index (χ0n) is 23.6. The van der Waals surface area contributed by atoms with Crippen LogP contribution in [0.2, 0.25) is 0 Å². The number of nitrogens with two attached hydrogens (primary N) is 1. The van der Waals surface area contributed by atoms with Crippen LogP contribution in [0.25, 0.3) is 0 Å². The minimum Gasteiger partial charge on any atom is -0.370 e. The molecule has 1 aromatic carbocycles. The van der Waals surface area contributed by atoms with E-state index in [2.05, 4.69) is 25.0 Å². The number of anilines is 2. The number of hydrogen-bond acceptors (Lipinski definition) is 10. The molecule has 3 fully saturated rings. The number of ether oxygens (including phenoxy) is 1. The standard InChI is InChI=1S/C29H37FN8O3/c1-3-38(20-8-10-36(11-9-20)29-34-26(35-41-29)25-5-4-12-40-25)27(39)19-14-32-28(33-15-19)37-16-22(24(31)17-37)21-13-18(2)6-7-23(21)30/h6-7,13-15,20,22,24-25H,3-5,8-12,16-17,31H2,1-2H3. The van der Waals surface area contributed by atoms with Crippen molar-refractivity contribution in [2.75, 3.05) is 49.1 Å². The van der Waals surface area contributed by atoms with Crippen LogP contribution in [0.15, 0.2) is 35.1 Å². The van der Waals surface area contributed by atoms with Crippen LogP contribution in [0.5, 0.6) is 0 Å². The molecule has 5 heterocycles. The summed E-state index contributed by atoms with van der Waals surface area (Å²) >= 11 is 0. The maximum atomic E-state index is 14.5. The van der Waals surface area contributed by atoms with Crippen LogP contribution in [0, 0.1) is 12.7 Å². The third kappa shape index (κ3) is 5.62. The average molecular weight is 565 g/mol. The number of halogens is 1. The van der Waals surface area contributed by atoms with E-state index in [4.69, 9.17) is 15.0 Å². The SMILES string of the molecule is CCN(C(=O)c1cnc(N2CC(N)C(c3cc(C)ccc3F)C2)nc1)C1CCN(c2nc(C3CCCO3)no2)CC1. The molecule has 1 amide bonds. The van der Waals surface area contributed by atoms with Gasteiger partial charge >= 0.3 is 6.01 Å². The van der Waals surface area contributed by atoms with Gasteiger partial charge < -0.3 is 29.7 Å². The predicted molar refractivity (Wildman–Crippen MR) is 150 cm³/mol. The van der Waals surface area contributed by atoms with Crippen LogP contribution < -0.4 is 15.5 Å². The summed E-state index contributed by atoms with van der Waals surface area (Å²) in [5.41, 5.74) is 8.47. The van der Waals surface area contributed by atoms with Gasteiger partial charge in [-0.15, -0.1) is 0 Å². The monoisotopic (exact) mass is 564 g/mol. The van der Waals surface area contributed by atoms with Crippen LogP contribution in [0.1, 0.15) is 71.9 Å². The quantitative estimate of drug-likeness (QED) is 0.457. The number of benzene rings is 1. The summed E-state index contributed by atoms with van der Waals surface area (Å²) in [6.07, 6.45) is 6.60. The van der Waals surface area contributed by atoms with Crippen molar-refractivity contribution in [3.63, 3.8) is 0 Å². The Hall–Kier alpha value is -3.64.